The van der Waals surface area contributed by atoms with E-state index in [0.29, 0.717) is 0 Å². The Morgan fingerprint density at radius 2 is 1.69 bits per heavy atom. The molecule has 0 unspecified atom stereocenters. The second-order valence-corrected chi connectivity index (χ2v) is 3.40. The summed E-state index contributed by atoms with van der Waals surface area (Å²) < 4.78 is 14.5. The second-order valence-electron chi connectivity index (χ2n) is 3.40. The van der Waals surface area contributed by atoms with Crippen molar-refractivity contribution in [2.75, 3.05) is 6.61 Å². The number of esters is 2. The summed E-state index contributed by atoms with van der Waals surface area (Å²) in [6.45, 7) is 1.88. The summed E-state index contributed by atoms with van der Waals surface area (Å²) >= 11 is 0. The molecule has 0 aromatic carbocycles. The maximum Gasteiger partial charge on any atom is 0.303 e. The topological polar surface area (TPSA) is 102 Å². The molecule has 0 radical (unpaired) electrons. The normalized spacial score (nSPS) is 33.5. The van der Waals surface area contributed by atoms with Crippen LogP contribution in [0.25, 0.3) is 0 Å². The van der Waals surface area contributed by atoms with Gasteiger partial charge in [-0.25, -0.2) is 0 Å². The van der Waals surface area contributed by atoms with E-state index in [1.165, 1.54) is 6.92 Å². The number of carbonyl (C=O) groups is 2. The van der Waals surface area contributed by atoms with Crippen molar-refractivity contribution in [2.45, 2.75) is 38.4 Å². The molecular formula is C9H14O7. The molecule has 2 N–H and O–H groups in total. The number of aliphatic hydroxyl groups is 2. The molecule has 92 valence electrons. The lowest BCUT2D eigenvalue weighted by molar-refractivity contribution is -0.174. The first kappa shape index (κ1) is 12.9. The molecule has 0 bridgehead atoms. The molecule has 0 aliphatic carbocycles. The fourth-order valence-corrected chi connectivity index (χ4v) is 1.51. The molecule has 4 atom stereocenters. The van der Waals surface area contributed by atoms with E-state index < -0.39 is 43.1 Å². The number of carbonyl (C=O) groups excluding carboxylic acids is 2. The van der Waals surface area contributed by atoms with E-state index in [0.717, 1.165) is 6.92 Å². The molecule has 1 saturated heterocycles. The van der Waals surface area contributed by atoms with Crippen LogP contribution in [0.5, 0.6) is 0 Å². The molecule has 7 heteroatoms. The molecule has 1 fully saturated rings. The standard InChI is InChI=1S/C9H14O7/c1-4(11)14-7-6(3-10)16-9(13)8(7)15-5(2)12/h6-10,13H,3H2,1-2H3/t6-,7-,8+,9+/m1/s1. The van der Waals surface area contributed by atoms with Crippen molar-refractivity contribution in [2.24, 2.45) is 0 Å². The Bertz CT molecular complexity index is 277. The Morgan fingerprint density at radius 3 is 2.12 bits per heavy atom. The Balaban J connectivity index is 2.76. The highest BCUT2D eigenvalue weighted by Gasteiger charge is 2.48. The van der Waals surface area contributed by atoms with Crippen molar-refractivity contribution in [1.29, 1.82) is 0 Å². The van der Waals surface area contributed by atoms with Crippen LogP contribution in [0, 0.1) is 0 Å². The molecule has 1 heterocycles. The molecule has 1 aliphatic heterocycles. The summed E-state index contributed by atoms with van der Waals surface area (Å²) in [6.07, 6.45) is -4.42. The van der Waals surface area contributed by atoms with E-state index in [9.17, 15) is 14.7 Å². The zero-order valence-electron chi connectivity index (χ0n) is 8.95. The van der Waals surface area contributed by atoms with E-state index in [1.807, 2.05) is 0 Å². The van der Waals surface area contributed by atoms with Crippen molar-refractivity contribution in [3.05, 3.63) is 0 Å². The molecule has 7 nitrogen and oxygen atoms in total. The molecule has 1 rings (SSSR count). The summed E-state index contributed by atoms with van der Waals surface area (Å²) in [5.74, 6) is -1.25. The monoisotopic (exact) mass is 234 g/mol. The van der Waals surface area contributed by atoms with Crippen LogP contribution in [0.1, 0.15) is 13.8 Å². The van der Waals surface area contributed by atoms with Gasteiger partial charge in [0.15, 0.2) is 18.5 Å². The van der Waals surface area contributed by atoms with Gasteiger partial charge in [0.1, 0.15) is 6.10 Å². The maximum absolute atomic E-state index is 10.8. The molecule has 0 amide bonds. The van der Waals surface area contributed by atoms with E-state index in [1.54, 1.807) is 0 Å². The minimum atomic E-state index is -1.41. The first-order valence-electron chi connectivity index (χ1n) is 4.74. The summed E-state index contributed by atoms with van der Waals surface area (Å²) in [7, 11) is 0. The van der Waals surface area contributed by atoms with E-state index >= 15 is 0 Å². The third-order valence-electron chi connectivity index (χ3n) is 2.07. The Morgan fingerprint density at radius 1 is 1.19 bits per heavy atom. The van der Waals surface area contributed by atoms with Crippen LogP contribution in [-0.4, -0.2) is 53.4 Å². The lowest BCUT2D eigenvalue weighted by Gasteiger charge is -2.21. The predicted molar refractivity (Wildman–Crippen MR) is 49.1 cm³/mol. The van der Waals surface area contributed by atoms with Gasteiger partial charge in [-0.05, 0) is 0 Å². The first-order chi connectivity index (χ1) is 7.45. The molecule has 0 aromatic heterocycles. The van der Waals surface area contributed by atoms with Gasteiger partial charge in [-0.3, -0.25) is 9.59 Å². The highest BCUT2D eigenvalue weighted by Crippen LogP contribution is 2.25. The number of hydrogen-bond acceptors (Lipinski definition) is 7. The van der Waals surface area contributed by atoms with Crippen LogP contribution in [0.3, 0.4) is 0 Å². The first-order valence-corrected chi connectivity index (χ1v) is 4.74. The van der Waals surface area contributed by atoms with Gasteiger partial charge in [-0.2, -0.15) is 0 Å². The van der Waals surface area contributed by atoms with Crippen LogP contribution in [0.15, 0.2) is 0 Å². The van der Waals surface area contributed by atoms with Gasteiger partial charge < -0.3 is 24.4 Å². The zero-order chi connectivity index (χ0) is 12.3. The van der Waals surface area contributed by atoms with Crippen molar-refractivity contribution in [1.82, 2.24) is 0 Å². The van der Waals surface area contributed by atoms with E-state index in [4.69, 9.17) is 19.3 Å². The average Bonchev–Trinajstić information content (AvgIpc) is 2.44. The third kappa shape index (κ3) is 2.91. The Hall–Kier alpha value is -1.18. The minimum Gasteiger partial charge on any atom is -0.455 e. The lowest BCUT2D eigenvalue weighted by Crippen LogP contribution is -2.40. The molecule has 0 saturated carbocycles. The van der Waals surface area contributed by atoms with Gasteiger partial charge in [0.05, 0.1) is 6.61 Å². The SMILES string of the molecule is CC(=O)O[C@H]1[C@H](OC(C)=O)[C@@H](CO)O[C@@H]1O. The summed E-state index contributed by atoms with van der Waals surface area (Å²) in [5, 5.41) is 18.4. The smallest absolute Gasteiger partial charge is 0.303 e. The third-order valence-corrected chi connectivity index (χ3v) is 2.07. The number of rotatable bonds is 3. The molecular weight excluding hydrogens is 220 g/mol. The minimum absolute atomic E-state index is 0.452. The van der Waals surface area contributed by atoms with Gasteiger partial charge in [-0.15, -0.1) is 0 Å². The second kappa shape index (κ2) is 5.24. The van der Waals surface area contributed by atoms with Crippen molar-refractivity contribution < 1.29 is 34.0 Å². The van der Waals surface area contributed by atoms with Gasteiger partial charge in [0.2, 0.25) is 0 Å². The Kier molecular flexibility index (Phi) is 4.22. The van der Waals surface area contributed by atoms with Gasteiger partial charge in [0, 0.05) is 13.8 Å². The average molecular weight is 234 g/mol. The summed E-state index contributed by atoms with van der Waals surface area (Å²) in [5.41, 5.74) is 0. The highest BCUT2D eigenvalue weighted by molar-refractivity contribution is 5.67. The van der Waals surface area contributed by atoms with E-state index in [-0.39, 0.29) is 0 Å². The predicted octanol–water partition coefficient (Wildman–Crippen LogP) is -1.44. The number of hydrogen-bond donors (Lipinski definition) is 2. The Labute approximate surface area is 91.9 Å². The largest absolute Gasteiger partial charge is 0.455 e. The zero-order valence-corrected chi connectivity index (χ0v) is 8.95. The van der Waals surface area contributed by atoms with Gasteiger partial charge in [0.25, 0.3) is 0 Å². The molecule has 0 spiro atoms. The van der Waals surface area contributed by atoms with Crippen molar-refractivity contribution >= 4 is 11.9 Å². The maximum atomic E-state index is 10.8. The van der Waals surface area contributed by atoms with Gasteiger partial charge >= 0.3 is 11.9 Å². The van der Waals surface area contributed by atoms with E-state index in [2.05, 4.69) is 0 Å². The number of aliphatic hydroxyl groups excluding tert-OH is 2. The fourth-order valence-electron chi connectivity index (χ4n) is 1.51. The van der Waals surface area contributed by atoms with Crippen LogP contribution in [-0.2, 0) is 23.8 Å². The van der Waals surface area contributed by atoms with Crippen LogP contribution < -0.4 is 0 Å². The summed E-state index contributed by atoms with van der Waals surface area (Å²) in [6, 6.07) is 0. The number of ether oxygens (including phenoxy) is 3. The summed E-state index contributed by atoms with van der Waals surface area (Å²) in [4.78, 5) is 21.6. The molecule has 0 aromatic rings. The van der Waals surface area contributed by atoms with Crippen LogP contribution in [0.4, 0.5) is 0 Å². The van der Waals surface area contributed by atoms with Crippen LogP contribution in [0.2, 0.25) is 0 Å². The fraction of sp³-hybridized carbons (Fsp3) is 0.778. The molecule has 16 heavy (non-hydrogen) atoms. The van der Waals surface area contributed by atoms with Gasteiger partial charge in [-0.1, -0.05) is 0 Å². The quantitative estimate of drug-likeness (QED) is 0.576. The highest BCUT2D eigenvalue weighted by atomic mass is 16.7. The van der Waals surface area contributed by atoms with Crippen molar-refractivity contribution in [3.8, 4) is 0 Å². The lowest BCUT2D eigenvalue weighted by atomic mass is 10.1. The van der Waals surface area contributed by atoms with Crippen molar-refractivity contribution in [3.63, 3.8) is 0 Å². The van der Waals surface area contributed by atoms with Crippen LogP contribution >= 0.6 is 0 Å². The molecule has 1 aliphatic rings.